The number of H-pyrrole nitrogens is 1. The average Bonchev–Trinajstić information content (AvgIpc) is 3.42. The van der Waals surface area contributed by atoms with E-state index in [2.05, 4.69) is 20.5 Å². The first kappa shape index (κ1) is 25.6. The zero-order valence-electron chi connectivity index (χ0n) is 20.7. The first-order valence-electron chi connectivity index (χ1n) is 12.6. The number of amides is 2. The SMILES string of the molecule is Cc1cc(-c2cc(C(=O)N3C4CCC3CC(C(=O)N[C@H]3CC[C@H](C(F)(F)F)N(C)C3)C4)n[nH]2)c(F)cn1. The van der Waals surface area contributed by atoms with Gasteiger partial charge in [-0.2, -0.15) is 18.3 Å². The minimum Gasteiger partial charge on any atom is -0.352 e. The molecule has 3 aliphatic rings. The van der Waals surface area contributed by atoms with Crippen molar-refractivity contribution in [1.29, 1.82) is 0 Å². The number of hydrogen-bond acceptors (Lipinski definition) is 5. The summed E-state index contributed by atoms with van der Waals surface area (Å²) in [5.74, 6) is -1.22. The van der Waals surface area contributed by atoms with Crippen molar-refractivity contribution >= 4 is 11.8 Å². The molecule has 12 heteroatoms. The highest BCUT2D eigenvalue weighted by Gasteiger charge is 2.47. The maximum atomic E-state index is 14.2. The number of aryl methyl sites for hydroxylation is 1. The fourth-order valence-electron chi connectivity index (χ4n) is 6.17. The zero-order valence-corrected chi connectivity index (χ0v) is 20.7. The molecule has 4 atom stereocenters. The minimum absolute atomic E-state index is 0.0439. The molecule has 37 heavy (non-hydrogen) atoms. The Balaban J connectivity index is 1.21. The predicted molar refractivity (Wildman–Crippen MR) is 126 cm³/mol. The number of carbonyl (C=O) groups excluding carboxylic acids is 2. The van der Waals surface area contributed by atoms with Crippen molar-refractivity contribution in [3.05, 3.63) is 35.5 Å². The number of piperidine rings is 2. The quantitative estimate of drug-likeness (QED) is 0.600. The molecule has 2 N–H and O–H groups in total. The fourth-order valence-corrected chi connectivity index (χ4v) is 6.17. The summed E-state index contributed by atoms with van der Waals surface area (Å²) in [5, 5.41) is 9.83. The van der Waals surface area contributed by atoms with Gasteiger partial charge in [-0.1, -0.05) is 0 Å². The van der Waals surface area contributed by atoms with Gasteiger partial charge in [0.15, 0.2) is 11.5 Å². The topological polar surface area (TPSA) is 94.2 Å². The Labute approximate surface area is 211 Å². The van der Waals surface area contributed by atoms with Crippen molar-refractivity contribution in [3.63, 3.8) is 0 Å². The Morgan fingerprint density at radius 3 is 2.46 bits per heavy atom. The number of aromatic nitrogens is 3. The van der Waals surface area contributed by atoms with Crippen LogP contribution < -0.4 is 5.32 Å². The van der Waals surface area contributed by atoms with E-state index < -0.39 is 18.0 Å². The van der Waals surface area contributed by atoms with Crippen molar-refractivity contribution in [3.8, 4) is 11.3 Å². The van der Waals surface area contributed by atoms with E-state index in [0.717, 1.165) is 19.0 Å². The molecule has 8 nitrogen and oxygen atoms in total. The van der Waals surface area contributed by atoms with Gasteiger partial charge < -0.3 is 10.2 Å². The normalized spacial score (nSPS) is 28.4. The lowest BCUT2D eigenvalue weighted by Gasteiger charge is -2.40. The van der Waals surface area contributed by atoms with Gasteiger partial charge in [0, 0.05) is 41.8 Å². The summed E-state index contributed by atoms with van der Waals surface area (Å²) in [6.07, 6.45) is -0.369. The average molecular weight is 523 g/mol. The first-order chi connectivity index (χ1) is 17.5. The summed E-state index contributed by atoms with van der Waals surface area (Å²) < 4.78 is 53.6. The van der Waals surface area contributed by atoms with Crippen LogP contribution in [0.3, 0.4) is 0 Å². The van der Waals surface area contributed by atoms with Crippen LogP contribution in [0, 0.1) is 18.7 Å². The van der Waals surface area contributed by atoms with Gasteiger partial charge >= 0.3 is 6.18 Å². The van der Waals surface area contributed by atoms with Crippen LogP contribution >= 0.6 is 0 Å². The van der Waals surface area contributed by atoms with Crippen molar-refractivity contribution in [2.45, 2.75) is 75.8 Å². The van der Waals surface area contributed by atoms with Crippen LogP contribution in [0.1, 0.15) is 54.7 Å². The molecule has 5 heterocycles. The zero-order chi connectivity index (χ0) is 26.5. The predicted octanol–water partition coefficient (Wildman–Crippen LogP) is 3.44. The summed E-state index contributed by atoms with van der Waals surface area (Å²) in [6.45, 7) is 1.90. The van der Waals surface area contributed by atoms with Gasteiger partial charge in [-0.25, -0.2) is 4.39 Å². The van der Waals surface area contributed by atoms with Gasteiger partial charge in [0.1, 0.15) is 6.04 Å². The number of nitrogens with one attached hydrogen (secondary N) is 2. The third kappa shape index (κ3) is 5.07. The molecule has 2 amide bonds. The maximum Gasteiger partial charge on any atom is 0.404 e. The Bertz CT molecular complexity index is 1170. The van der Waals surface area contributed by atoms with Crippen LogP contribution in [0.15, 0.2) is 18.3 Å². The number of hydrogen-bond donors (Lipinski definition) is 2. The third-order valence-corrected chi connectivity index (χ3v) is 7.97. The molecule has 2 unspecified atom stereocenters. The molecule has 0 aliphatic carbocycles. The summed E-state index contributed by atoms with van der Waals surface area (Å²) in [4.78, 5) is 33.3. The number of likely N-dealkylation sites (N-methyl/N-ethyl adjacent to an activating group) is 1. The third-order valence-electron chi connectivity index (χ3n) is 7.97. The van der Waals surface area contributed by atoms with Crippen molar-refractivity contribution < 1.29 is 27.2 Å². The molecule has 0 spiro atoms. The Morgan fingerprint density at radius 1 is 1.11 bits per heavy atom. The van der Waals surface area contributed by atoms with Crippen molar-refractivity contribution in [2.75, 3.05) is 13.6 Å². The first-order valence-corrected chi connectivity index (χ1v) is 12.6. The summed E-state index contributed by atoms with van der Waals surface area (Å²) in [5.41, 5.74) is 1.50. The summed E-state index contributed by atoms with van der Waals surface area (Å²) >= 11 is 0. The Morgan fingerprint density at radius 2 is 1.81 bits per heavy atom. The summed E-state index contributed by atoms with van der Waals surface area (Å²) in [6, 6.07) is 1.07. The van der Waals surface area contributed by atoms with E-state index >= 15 is 0 Å². The molecule has 200 valence electrons. The van der Waals surface area contributed by atoms with Crippen LogP contribution in [0.25, 0.3) is 11.3 Å². The van der Waals surface area contributed by atoms with E-state index in [9.17, 15) is 27.2 Å². The molecule has 3 aliphatic heterocycles. The highest BCUT2D eigenvalue weighted by Crippen LogP contribution is 2.40. The van der Waals surface area contributed by atoms with Gasteiger partial charge in [-0.15, -0.1) is 0 Å². The molecular weight excluding hydrogens is 492 g/mol. The molecular formula is C25H30F4N6O2. The number of alkyl halides is 3. The molecule has 0 radical (unpaired) electrons. The number of nitrogens with zero attached hydrogens (tertiary/aromatic N) is 4. The van der Waals surface area contributed by atoms with Crippen LogP contribution in [-0.4, -0.2) is 80.7 Å². The smallest absolute Gasteiger partial charge is 0.352 e. The number of carbonyl (C=O) groups is 2. The number of pyridine rings is 1. The minimum atomic E-state index is -4.28. The van der Waals surface area contributed by atoms with Crippen molar-refractivity contribution in [1.82, 2.24) is 30.3 Å². The lowest BCUT2D eigenvalue weighted by molar-refractivity contribution is -0.188. The van der Waals surface area contributed by atoms with Crippen LogP contribution in [0.4, 0.5) is 17.6 Å². The molecule has 2 aromatic rings. The molecule has 0 aromatic carbocycles. The Hall–Kier alpha value is -3.02. The number of likely N-dealkylation sites (tertiary alicyclic amines) is 1. The number of fused-ring (bicyclic) bond motifs is 2. The number of aromatic amines is 1. The lowest BCUT2D eigenvalue weighted by atomic mass is 9.89. The molecule has 3 fully saturated rings. The van der Waals surface area contributed by atoms with Crippen LogP contribution in [0.2, 0.25) is 0 Å². The van der Waals surface area contributed by atoms with Crippen molar-refractivity contribution in [2.24, 2.45) is 5.92 Å². The highest BCUT2D eigenvalue weighted by atomic mass is 19.4. The van der Waals surface area contributed by atoms with E-state index in [4.69, 9.17) is 0 Å². The molecule has 5 rings (SSSR count). The second kappa shape index (κ2) is 9.70. The van der Waals surface area contributed by atoms with Gasteiger partial charge in [-0.3, -0.25) is 24.6 Å². The standard InChI is InChI=1S/C25H30F4N6O2/c1-13-7-18(19(26)11-30-13)20-10-21(33-32-20)24(37)35-16-4-5-17(35)9-14(8-16)23(36)31-15-3-6-22(25(27,28)29)34(2)12-15/h7,10-11,14-17,22H,3-6,8-9,12H2,1-2H3,(H,31,36)(H,32,33)/t14?,15-,16?,17?,22+/m0/s1. The Kier molecular flexibility index (Phi) is 6.71. The largest absolute Gasteiger partial charge is 0.404 e. The van der Waals surface area contributed by atoms with Gasteiger partial charge in [0.2, 0.25) is 5.91 Å². The summed E-state index contributed by atoms with van der Waals surface area (Å²) in [7, 11) is 1.44. The second-order valence-electron chi connectivity index (χ2n) is 10.5. The van der Waals surface area contributed by atoms with Gasteiger partial charge in [-0.05, 0) is 64.6 Å². The number of halogens is 4. The molecule has 2 aromatic heterocycles. The fraction of sp³-hybridized carbons (Fsp3) is 0.600. The van der Waals surface area contributed by atoms with E-state index in [1.54, 1.807) is 17.9 Å². The van der Waals surface area contributed by atoms with Crippen LogP contribution in [-0.2, 0) is 4.79 Å². The lowest BCUT2D eigenvalue weighted by Crippen LogP contribution is -2.56. The maximum absolute atomic E-state index is 14.2. The van der Waals surface area contributed by atoms with Gasteiger partial charge in [0.25, 0.3) is 5.91 Å². The number of rotatable bonds is 4. The second-order valence-corrected chi connectivity index (χ2v) is 10.5. The van der Waals surface area contributed by atoms with E-state index in [1.807, 2.05) is 0 Å². The van der Waals surface area contributed by atoms with E-state index in [0.29, 0.717) is 24.2 Å². The van der Waals surface area contributed by atoms with E-state index in [-0.39, 0.29) is 66.5 Å². The van der Waals surface area contributed by atoms with Crippen LogP contribution in [0.5, 0.6) is 0 Å². The van der Waals surface area contributed by atoms with E-state index in [1.165, 1.54) is 18.0 Å². The highest BCUT2D eigenvalue weighted by molar-refractivity contribution is 5.94. The molecule has 3 saturated heterocycles. The monoisotopic (exact) mass is 522 g/mol. The molecule has 0 saturated carbocycles. The molecule has 2 bridgehead atoms. The van der Waals surface area contributed by atoms with Gasteiger partial charge in [0.05, 0.1) is 11.9 Å².